The van der Waals surface area contributed by atoms with Crippen molar-refractivity contribution in [1.29, 1.82) is 5.26 Å². The molecule has 0 N–H and O–H groups in total. The van der Waals surface area contributed by atoms with Crippen LogP contribution >= 0.6 is 0 Å². The second-order valence-corrected chi connectivity index (χ2v) is 5.34. The fourth-order valence-corrected chi connectivity index (χ4v) is 2.21. The molecule has 23 heavy (non-hydrogen) atoms. The normalized spacial score (nSPS) is 11.4. The summed E-state index contributed by atoms with van der Waals surface area (Å²) in [4.78, 5) is 25.9. The van der Waals surface area contributed by atoms with Crippen LogP contribution in [0.4, 0.5) is 0 Å². The molecule has 124 valence electrons. The van der Waals surface area contributed by atoms with Crippen LogP contribution in [0.1, 0.15) is 44.0 Å². The number of hydrogen-bond donors (Lipinski definition) is 0. The van der Waals surface area contributed by atoms with Crippen molar-refractivity contribution in [3.8, 4) is 11.8 Å². The zero-order chi connectivity index (χ0) is 17.2. The third kappa shape index (κ3) is 6.11. The Balaban J connectivity index is 2.54. The molecule has 0 radical (unpaired) electrons. The first-order chi connectivity index (χ1) is 11.0. The first-order valence-corrected chi connectivity index (χ1v) is 7.95. The minimum Gasteiger partial charge on any atom is -0.494 e. The maximum absolute atomic E-state index is 12.1. The van der Waals surface area contributed by atoms with Crippen molar-refractivity contribution < 1.29 is 14.3 Å². The monoisotopic (exact) mass is 316 g/mol. The van der Waals surface area contributed by atoms with E-state index in [-0.39, 0.29) is 30.4 Å². The lowest BCUT2D eigenvalue weighted by Gasteiger charge is -2.21. The van der Waals surface area contributed by atoms with E-state index in [4.69, 9.17) is 10.00 Å². The SMILES string of the molecule is CCOc1ccc(C(=O)CCC(=O)N(CC)C[C@H](C)C#N)cc1. The van der Waals surface area contributed by atoms with Gasteiger partial charge in [-0.2, -0.15) is 5.26 Å². The van der Waals surface area contributed by atoms with Gasteiger partial charge < -0.3 is 9.64 Å². The molecule has 0 unspecified atom stereocenters. The summed E-state index contributed by atoms with van der Waals surface area (Å²) in [6.45, 7) is 7.08. The molecule has 5 nitrogen and oxygen atoms in total. The standard InChI is InChI=1S/C18H24N2O3/c1-4-20(13-14(3)12-19)18(22)11-10-17(21)15-6-8-16(9-7-15)23-5-2/h6-9,14H,4-5,10-11,13H2,1-3H3/t14-/m1/s1. The second kappa shape index (κ2) is 9.62. The van der Waals surface area contributed by atoms with Crippen LogP contribution in [0.25, 0.3) is 0 Å². The fourth-order valence-electron chi connectivity index (χ4n) is 2.21. The molecule has 1 aromatic carbocycles. The van der Waals surface area contributed by atoms with Crippen molar-refractivity contribution in [2.75, 3.05) is 19.7 Å². The molecule has 0 aromatic heterocycles. The molecule has 5 heteroatoms. The van der Waals surface area contributed by atoms with E-state index in [9.17, 15) is 9.59 Å². The quantitative estimate of drug-likeness (QED) is 0.656. The predicted molar refractivity (Wildman–Crippen MR) is 88.2 cm³/mol. The van der Waals surface area contributed by atoms with E-state index >= 15 is 0 Å². The van der Waals surface area contributed by atoms with Crippen molar-refractivity contribution in [1.82, 2.24) is 4.90 Å². The molecular formula is C18H24N2O3. The van der Waals surface area contributed by atoms with Crippen LogP contribution in [0.15, 0.2) is 24.3 Å². The maximum Gasteiger partial charge on any atom is 0.223 e. The Morgan fingerprint density at radius 2 is 1.87 bits per heavy atom. The largest absolute Gasteiger partial charge is 0.494 e. The smallest absolute Gasteiger partial charge is 0.223 e. The van der Waals surface area contributed by atoms with E-state index in [1.807, 2.05) is 13.8 Å². The van der Waals surface area contributed by atoms with Gasteiger partial charge in [0, 0.05) is 31.5 Å². The summed E-state index contributed by atoms with van der Waals surface area (Å²) in [5.74, 6) is 0.364. The topological polar surface area (TPSA) is 70.4 Å². The molecular weight excluding hydrogens is 292 g/mol. The summed E-state index contributed by atoms with van der Waals surface area (Å²) in [7, 11) is 0. The molecule has 0 spiro atoms. The highest BCUT2D eigenvalue weighted by Gasteiger charge is 2.16. The number of ketones is 1. The number of carbonyl (C=O) groups excluding carboxylic acids is 2. The summed E-state index contributed by atoms with van der Waals surface area (Å²) in [5.41, 5.74) is 0.578. The number of nitriles is 1. The molecule has 0 saturated carbocycles. The van der Waals surface area contributed by atoms with E-state index in [2.05, 4.69) is 6.07 Å². The Kier molecular flexibility index (Phi) is 7.82. The van der Waals surface area contributed by atoms with E-state index in [1.165, 1.54) is 0 Å². The number of Topliss-reactive ketones (excluding diaryl/α,β-unsaturated/α-hetero) is 1. The Morgan fingerprint density at radius 1 is 1.22 bits per heavy atom. The van der Waals surface area contributed by atoms with E-state index < -0.39 is 0 Å². The number of ether oxygens (including phenoxy) is 1. The highest BCUT2D eigenvalue weighted by Crippen LogP contribution is 2.14. The number of nitrogens with zero attached hydrogens (tertiary/aromatic N) is 2. The molecule has 0 fully saturated rings. The number of hydrogen-bond acceptors (Lipinski definition) is 4. The summed E-state index contributed by atoms with van der Waals surface area (Å²) in [5, 5.41) is 8.84. The number of benzene rings is 1. The van der Waals surface area contributed by atoms with Gasteiger partial charge in [-0.15, -0.1) is 0 Å². The maximum atomic E-state index is 12.1. The van der Waals surface area contributed by atoms with Gasteiger partial charge in [0.25, 0.3) is 0 Å². The number of carbonyl (C=O) groups is 2. The van der Waals surface area contributed by atoms with E-state index in [1.54, 1.807) is 36.1 Å². The molecule has 0 aliphatic carbocycles. The molecule has 1 rings (SSSR count). The minimum atomic E-state index is -0.208. The zero-order valence-corrected chi connectivity index (χ0v) is 14.0. The van der Waals surface area contributed by atoms with Crippen molar-refractivity contribution in [2.24, 2.45) is 5.92 Å². The Labute approximate surface area is 137 Å². The Morgan fingerprint density at radius 3 is 2.39 bits per heavy atom. The van der Waals surface area contributed by atoms with Gasteiger partial charge in [-0.25, -0.2) is 0 Å². The first-order valence-electron chi connectivity index (χ1n) is 7.95. The third-order valence-corrected chi connectivity index (χ3v) is 3.50. The molecule has 0 aliphatic heterocycles. The highest BCUT2D eigenvalue weighted by atomic mass is 16.5. The van der Waals surface area contributed by atoms with Gasteiger partial charge in [0.1, 0.15) is 5.75 Å². The highest BCUT2D eigenvalue weighted by molar-refractivity contribution is 5.98. The minimum absolute atomic E-state index is 0.0641. The number of rotatable bonds is 9. The van der Waals surface area contributed by atoms with Crippen LogP contribution in [0, 0.1) is 17.2 Å². The average molecular weight is 316 g/mol. The average Bonchev–Trinajstić information content (AvgIpc) is 2.57. The molecule has 1 aromatic rings. The second-order valence-electron chi connectivity index (χ2n) is 5.34. The lowest BCUT2D eigenvalue weighted by atomic mass is 10.1. The van der Waals surface area contributed by atoms with Crippen molar-refractivity contribution >= 4 is 11.7 Å². The van der Waals surface area contributed by atoms with E-state index in [0.29, 0.717) is 25.3 Å². The lowest BCUT2D eigenvalue weighted by Crippen LogP contribution is -2.34. The molecule has 1 atom stereocenters. The lowest BCUT2D eigenvalue weighted by molar-refractivity contribution is -0.131. The first kappa shape index (κ1) is 18.7. The van der Waals surface area contributed by atoms with Crippen LogP contribution in [-0.2, 0) is 4.79 Å². The van der Waals surface area contributed by atoms with Crippen molar-refractivity contribution in [3.05, 3.63) is 29.8 Å². The van der Waals surface area contributed by atoms with Gasteiger partial charge in [0.05, 0.1) is 18.6 Å². The van der Waals surface area contributed by atoms with Crippen LogP contribution < -0.4 is 4.74 Å². The van der Waals surface area contributed by atoms with Gasteiger partial charge in [0.15, 0.2) is 5.78 Å². The zero-order valence-electron chi connectivity index (χ0n) is 14.0. The van der Waals surface area contributed by atoms with Crippen LogP contribution in [0.2, 0.25) is 0 Å². The molecule has 0 aliphatic rings. The van der Waals surface area contributed by atoms with Crippen LogP contribution in [0.3, 0.4) is 0 Å². The molecule has 0 heterocycles. The molecule has 0 bridgehead atoms. The third-order valence-electron chi connectivity index (χ3n) is 3.50. The van der Waals surface area contributed by atoms with E-state index in [0.717, 1.165) is 5.75 Å². The fraction of sp³-hybridized carbons (Fsp3) is 0.500. The van der Waals surface area contributed by atoms with Crippen LogP contribution in [-0.4, -0.2) is 36.3 Å². The Bertz CT molecular complexity index is 561. The van der Waals surface area contributed by atoms with Crippen molar-refractivity contribution in [2.45, 2.75) is 33.6 Å². The number of amides is 1. The van der Waals surface area contributed by atoms with Crippen molar-refractivity contribution in [3.63, 3.8) is 0 Å². The van der Waals surface area contributed by atoms with Gasteiger partial charge in [0.2, 0.25) is 5.91 Å². The van der Waals surface area contributed by atoms with Gasteiger partial charge in [-0.3, -0.25) is 9.59 Å². The summed E-state index contributed by atoms with van der Waals surface area (Å²) >= 11 is 0. The summed E-state index contributed by atoms with van der Waals surface area (Å²) < 4.78 is 5.33. The van der Waals surface area contributed by atoms with Gasteiger partial charge in [-0.1, -0.05) is 0 Å². The van der Waals surface area contributed by atoms with Gasteiger partial charge >= 0.3 is 0 Å². The predicted octanol–water partition coefficient (Wildman–Crippen LogP) is 3.06. The Hall–Kier alpha value is -2.35. The summed E-state index contributed by atoms with van der Waals surface area (Å²) in [6, 6.07) is 9.06. The molecule has 1 amide bonds. The van der Waals surface area contributed by atoms with Gasteiger partial charge in [-0.05, 0) is 45.0 Å². The molecule has 0 saturated heterocycles. The summed E-state index contributed by atoms with van der Waals surface area (Å²) in [6.07, 6.45) is 0.336. The van der Waals surface area contributed by atoms with Crippen LogP contribution in [0.5, 0.6) is 5.75 Å².